The number of rotatable bonds is 5. The van der Waals surface area contributed by atoms with E-state index >= 15 is 0 Å². The van der Waals surface area contributed by atoms with Crippen molar-refractivity contribution in [3.05, 3.63) is 52.4 Å². The number of Topliss-reactive ketones (excluding diaryl/α,β-unsaturated/α-hetero) is 1. The van der Waals surface area contributed by atoms with Crippen molar-refractivity contribution < 1.29 is 19.1 Å². The van der Waals surface area contributed by atoms with E-state index in [9.17, 15) is 14.4 Å². The normalized spacial score (nSPS) is 14.1. The van der Waals surface area contributed by atoms with E-state index in [1.807, 2.05) is 0 Å². The third kappa shape index (κ3) is 3.26. The molecule has 2 aromatic rings. The Morgan fingerprint density at radius 2 is 2.16 bits per heavy atom. The minimum atomic E-state index is -0.717. The first kappa shape index (κ1) is 16.8. The third-order valence-corrected chi connectivity index (χ3v) is 3.93. The second-order valence-corrected chi connectivity index (χ2v) is 5.61. The zero-order valence-corrected chi connectivity index (χ0v) is 13.9. The van der Waals surface area contributed by atoms with Crippen LogP contribution in [0.1, 0.15) is 30.2 Å². The smallest absolute Gasteiger partial charge is 0.293 e. The molecule has 0 saturated carbocycles. The van der Waals surface area contributed by atoms with E-state index in [1.165, 1.54) is 4.57 Å². The SMILES string of the molecule is CCOc1cccn(C(C)C(=O)c2ccc3c(c2)NC(=O)CO3)c1=O. The molecule has 1 unspecified atom stereocenters. The third-order valence-electron chi connectivity index (χ3n) is 3.93. The lowest BCUT2D eigenvalue weighted by Gasteiger charge is -2.20. The minimum Gasteiger partial charge on any atom is -0.488 e. The van der Waals surface area contributed by atoms with Crippen molar-refractivity contribution >= 4 is 17.4 Å². The second kappa shape index (κ2) is 6.80. The van der Waals surface area contributed by atoms with Gasteiger partial charge in [-0.1, -0.05) is 0 Å². The summed E-state index contributed by atoms with van der Waals surface area (Å²) in [7, 11) is 0. The van der Waals surface area contributed by atoms with Gasteiger partial charge < -0.3 is 19.4 Å². The molecule has 1 atom stereocenters. The summed E-state index contributed by atoms with van der Waals surface area (Å²) in [5, 5.41) is 2.67. The number of ketones is 1. The number of nitrogens with zero attached hydrogens (tertiary/aromatic N) is 1. The van der Waals surface area contributed by atoms with Crippen LogP contribution in [0, 0.1) is 0 Å². The molecule has 25 heavy (non-hydrogen) atoms. The quantitative estimate of drug-likeness (QED) is 0.840. The van der Waals surface area contributed by atoms with Crippen molar-refractivity contribution in [2.75, 3.05) is 18.5 Å². The molecule has 7 heteroatoms. The Kier molecular flexibility index (Phi) is 4.56. The van der Waals surface area contributed by atoms with Crippen LogP contribution in [0.4, 0.5) is 5.69 Å². The summed E-state index contributed by atoms with van der Waals surface area (Å²) in [5.74, 6) is 0.194. The van der Waals surface area contributed by atoms with Gasteiger partial charge in [-0.3, -0.25) is 14.4 Å². The Morgan fingerprint density at radius 3 is 2.92 bits per heavy atom. The van der Waals surface area contributed by atoms with Gasteiger partial charge in [-0.2, -0.15) is 0 Å². The van der Waals surface area contributed by atoms with Gasteiger partial charge in [0.2, 0.25) is 0 Å². The van der Waals surface area contributed by atoms with E-state index in [2.05, 4.69) is 5.32 Å². The van der Waals surface area contributed by atoms with E-state index in [0.29, 0.717) is 23.6 Å². The Hall–Kier alpha value is -3.09. The molecule has 1 aliphatic heterocycles. The molecule has 1 aromatic heterocycles. The second-order valence-electron chi connectivity index (χ2n) is 5.61. The van der Waals surface area contributed by atoms with Gasteiger partial charge in [0.1, 0.15) is 5.75 Å². The monoisotopic (exact) mass is 342 g/mol. The van der Waals surface area contributed by atoms with Crippen molar-refractivity contribution in [2.24, 2.45) is 0 Å². The molecule has 3 rings (SSSR count). The van der Waals surface area contributed by atoms with Gasteiger partial charge in [-0.05, 0) is 44.2 Å². The summed E-state index contributed by atoms with van der Waals surface area (Å²) in [6.07, 6.45) is 1.55. The van der Waals surface area contributed by atoms with Crippen LogP contribution in [-0.2, 0) is 4.79 Å². The fourth-order valence-corrected chi connectivity index (χ4v) is 2.66. The van der Waals surface area contributed by atoms with Gasteiger partial charge in [0.15, 0.2) is 18.1 Å². The average molecular weight is 342 g/mol. The summed E-state index contributed by atoms with van der Waals surface area (Å²) in [5.41, 5.74) is 0.468. The molecule has 1 aromatic carbocycles. The molecule has 0 aliphatic carbocycles. The van der Waals surface area contributed by atoms with Gasteiger partial charge in [0, 0.05) is 11.8 Å². The Labute approximate surface area is 144 Å². The molecule has 7 nitrogen and oxygen atoms in total. The van der Waals surface area contributed by atoms with E-state index < -0.39 is 6.04 Å². The lowest BCUT2D eigenvalue weighted by Crippen LogP contribution is -2.29. The molecule has 1 aliphatic rings. The first-order valence-electron chi connectivity index (χ1n) is 7.96. The Morgan fingerprint density at radius 1 is 1.36 bits per heavy atom. The van der Waals surface area contributed by atoms with Crippen LogP contribution in [0.25, 0.3) is 0 Å². The molecule has 1 N–H and O–H groups in total. The number of benzene rings is 1. The molecule has 0 bridgehead atoms. The predicted molar refractivity (Wildman–Crippen MR) is 91.5 cm³/mol. The Balaban J connectivity index is 1.91. The van der Waals surface area contributed by atoms with Gasteiger partial charge in [0.05, 0.1) is 18.3 Å². The summed E-state index contributed by atoms with van der Waals surface area (Å²) >= 11 is 0. The molecule has 0 saturated heterocycles. The van der Waals surface area contributed by atoms with Crippen LogP contribution in [0.15, 0.2) is 41.3 Å². The number of hydrogen-bond donors (Lipinski definition) is 1. The summed E-state index contributed by atoms with van der Waals surface area (Å²) in [6, 6.07) is 7.33. The van der Waals surface area contributed by atoms with E-state index in [0.717, 1.165) is 0 Å². The fraction of sp³-hybridized carbons (Fsp3) is 0.278. The zero-order valence-electron chi connectivity index (χ0n) is 13.9. The highest BCUT2D eigenvalue weighted by Crippen LogP contribution is 2.29. The summed E-state index contributed by atoms with van der Waals surface area (Å²) in [4.78, 5) is 36.6. The van der Waals surface area contributed by atoms with Crippen LogP contribution in [0.5, 0.6) is 11.5 Å². The summed E-state index contributed by atoms with van der Waals surface area (Å²) in [6.45, 7) is 3.76. The number of hydrogen-bond acceptors (Lipinski definition) is 5. The van der Waals surface area contributed by atoms with Crippen LogP contribution < -0.4 is 20.3 Å². The molecule has 0 spiro atoms. The maximum absolute atomic E-state index is 12.8. The largest absolute Gasteiger partial charge is 0.488 e. The number of fused-ring (bicyclic) bond motifs is 1. The lowest BCUT2D eigenvalue weighted by molar-refractivity contribution is -0.118. The number of ether oxygens (including phenoxy) is 2. The highest BCUT2D eigenvalue weighted by atomic mass is 16.5. The van der Waals surface area contributed by atoms with Crippen molar-refractivity contribution in [1.82, 2.24) is 4.57 Å². The van der Waals surface area contributed by atoms with Crippen LogP contribution in [-0.4, -0.2) is 29.5 Å². The van der Waals surface area contributed by atoms with Crippen molar-refractivity contribution in [2.45, 2.75) is 19.9 Å². The van der Waals surface area contributed by atoms with Gasteiger partial charge >= 0.3 is 0 Å². The van der Waals surface area contributed by atoms with Crippen molar-refractivity contribution in [3.8, 4) is 11.5 Å². The Bertz CT molecular complexity index is 887. The predicted octanol–water partition coefficient (Wildman–Crippen LogP) is 2.02. The average Bonchev–Trinajstić information content (AvgIpc) is 2.62. The number of aromatic nitrogens is 1. The first-order valence-corrected chi connectivity index (χ1v) is 7.96. The number of anilines is 1. The maximum Gasteiger partial charge on any atom is 0.293 e. The molecule has 2 heterocycles. The van der Waals surface area contributed by atoms with Crippen molar-refractivity contribution in [3.63, 3.8) is 0 Å². The van der Waals surface area contributed by atoms with E-state index in [-0.39, 0.29) is 29.6 Å². The van der Waals surface area contributed by atoms with Crippen LogP contribution >= 0.6 is 0 Å². The number of carbonyl (C=O) groups is 2. The molecule has 0 fully saturated rings. The molecular formula is C18H18N2O5. The molecule has 1 amide bonds. The van der Waals surface area contributed by atoms with Gasteiger partial charge in [-0.25, -0.2) is 0 Å². The number of amides is 1. The number of pyridine rings is 1. The highest BCUT2D eigenvalue weighted by molar-refractivity contribution is 6.02. The summed E-state index contributed by atoms with van der Waals surface area (Å²) < 4.78 is 11.9. The fourth-order valence-electron chi connectivity index (χ4n) is 2.66. The maximum atomic E-state index is 12.8. The van der Waals surface area contributed by atoms with Gasteiger partial charge in [0.25, 0.3) is 11.5 Å². The van der Waals surface area contributed by atoms with Gasteiger partial charge in [-0.15, -0.1) is 0 Å². The van der Waals surface area contributed by atoms with Crippen molar-refractivity contribution in [1.29, 1.82) is 0 Å². The first-order chi connectivity index (χ1) is 12.0. The molecule has 0 radical (unpaired) electrons. The van der Waals surface area contributed by atoms with E-state index in [4.69, 9.17) is 9.47 Å². The lowest BCUT2D eigenvalue weighted by atomic mass is 10.0. The highest BCUT2D eigenvalue weighted by Gasteiger charge is 2.22. The van der Waals surface area contributed by atoms with E-state index in [1.54, 1.807) is 50.4 Å². The molecule has 130 valence electrons. The molecular weight excluding hydrogens is 324 g/mol. The minimum absolute atomic E-state index is 0.0453. The zero-order chi connectivity index (χ0) is 18.0. The van der Waals surface area contributed by atoms with Crippen LogP contribution in [0.3, 0.4) is 0 Å². The topological polar surface area (TPSA) is 86.6 Å². The standard InChI is InChI=1S/C18H18N2O5/c1-3-24-15-5-4-8-20(18(15)23)11(2)17(22)12-6-7-14-13(9-12)19-16(21)10-25-14/h4-9,11H,3,10H2,1-2H3,(H,19,21). The number of carbonyl (C=O) groups excluding carboxylic acids is 2. The van der Waals surface area contributed by atoms with Crippen LogP contribution in [0.2, 0.25) is 0 Å². The number of nitrogens with one attached hydrogen (secondary N) is 1.